The monoisotopic (exact) mass is 372 g/mol. The van der Waals surface area contributed by atoms with Gasteiger partial charge >= 0.3 is 0 Å². The number of carbonyl (C=O) groups excluding carboxylic acids is 3. The molecule has 2 heterocycles. The highest BCUT2D eigenvalue weighted by atomic mass is 32.2. The molecule has 0 radical (unpaired) electrons. The van der Waals surface area contributed by atoms with E-state index in [9.17, 15) is 22.8 Å². The first-order chi connectivity index (χ1) is 12.3. The van der Waals surface area contributed by atoms with E-state index in [0.29, 0.717) is 0 Å². The van der Waals surface area contributed by atoms with Crippen LogP contribution in [0.15, 0.2) is 59.3 Å². The van der Waals surface area contributed by atoms with E-state index in [1.807, 2.05) is 0 Å². The molecule has 0 aliphatic carbocycles. The second-order valence-corrected chi connectivity index (χ2v) is 6.95. The maximum atomic E-state index is 12.3. The Morgan fingerprint density at radius 2 is 1.69 bits per heavy atom. The van der Waals surface area contributed by atoms with Crippen molar-refractivity contribution in [1.82, 2.24) is 9.97 Å². The molecule has 9 nitrogen and oxygen atoms in total. The minimum Gasteiger partial charge on any atom is -0.294 e. The van der Waals surface area contributed by atoms with Crippen LogP contribution in [0, 0.1) is 0 Å². The molecule has 132 valence electrons. The first kappa shape index (κ1) is 17.4. The third kappa shape index (κ3) is 3.22. The van der Waals surface area contributed by atoms with Crippen molar-refractivity contribution in [1.29, 1.82) is 0 Å². The van der Waals surface area contributed by atoms with E-state index in [0.717, 1.165) is 11.0 Å². The van der Waals surface area contributed by atoms with E-state index >= 15 is 0 Å². The van der Waals surface area contributed by atoms with Crippen molar-refractivity contribution in [3.63, 3.8) is 0 Å². The Morgan fingerprint density at radius 3 is 2.23 bits per heavy atom. The number of nitrogens with zero attached hydrogens (tertiary/aromatic N) is 3. The Hall–Kier alpha value is -3.40. The zero-order valence-electron chi connectivity index (χ0n) is 13.4. The van der Waals surface area contributed by atoms with E-state index in [1.165, 1.54) is 43.6 Å². The average molecular weight is 372 g/mol. The SMILES string of the molecule is CC(=O)C1=CC(=O)N(c2ccc(S(=O)(=O)Nc3ncccn3)cc2)C1=O. The number of nitrogens with one attached hydrogen (secondary N) is 1. The summed E-state index contributed by atoms with van der Waals surface area (Å²) in [7, 11) is -3.94. The van der Waals surface area contributed by atoms with E-state index in [-0.39, 0.29) is 22.1 Å². The maximum Gasteiger partial charge on any atom is 0.269 e. The molecule has 2 aromatic rings. The van der Waals surface area contributed by atoms with Crippen LogP contribution in [0.2, 0.25) is 0 Å². The third-order valence-corrected chi connectivity index (χ3v) is 4.84. The van der Waals surface area contributed by atoms with Gasteiger partial charge in [0.15, 0.2) is 5.78 Å². The van der Waals surface area contributed by atoms with Crippen molar-refractivity contribution >= 4 is 39.3 Å². The van der Waals surface area contributed by atoms with E-state index < -0.39 is 27.6 Å². The quantitative estimate of drug-likeness (QED) is 0.603. The Bertz CT molecular complexity index is 1030. The summed E-state index contributed by atoms with van der Waals surface area (Å²) in [5, 5.41) is 0. The van der Waals surface area contributed by atoms with Crippen LogP contribution in [0.3, 0.4) is 0 Å². The molecule has 3 rings (SSSR count). The fraction of sp³-hybridized carbons (Fsp3) is 0.0625. The lowest BCUT2D eigenvalue weighted by atomic mass is 10.2. The van der Waals surface area contributed by atoms with Gasteiger partial charge in [-0.1, -0.05) is 0 Å². The number of ketones is 1. The lowest BCUT2D eigenvalue weighted by Gasteiger charge is -2.15. The Morgan fingerprint density at radius 1 is 1.08 bits per heavy atom. The topological polar surface area (TPSA) is 126 Å². The number of benzene rings is 1. The summed E-state index contributed by atoms with van der Waals surface area (Å²) >= 11 is 0. The molecule has 0 unspecified atom stereocenters. The minimum atomic E-state index is -3.94. The summed E-state index contributed by atoms with van der Waals surface area (Å²) in [4.78, 5) is 43.7. The number of Topliss-reactive ketones (excluding diaryl/α,β-unsaturated/α-hetero) is 1. The minimum absolute atomic E-state index is 0.0863. The van der Waals surface area contributed by atoms with Gasteiger partial charge in [-0.3, -0.25) is 14.4 Å². The molecule has 2 amide bonds. The molecule has 0 saturated carbocycles. The first-order valence-corrected chi connectivity index (χ1v) is 8.79. The van der Waals surface area contributed by atoms with Crippen LogP contribution < -0.4 is 9.62 Å². The lowest BCUT2D eigenvalue weighted by molar-refractivity contribution is -0.121. The second kappa shape index (κ2) is 6.48. The van der Waals surface area contributed by atoms with Gasteiger partial charge in [-0.05, 0) is 37.3 Å². The largest absolute Gasteiger partial charge is 0.294 e. The zero-order valence-corrected chi connectivity index (χ0v) is 14.2. The molecular weight excluding hydrogens is 360 g/mol. The van der Waals surface area contributed by atoms with Crippen LogP contribution in [-0.4, -0.2) is 36.0 Å². The molecule has 10 heteroatoms. The van der Waals surface area contributed by atoms with Gasteiger partial charge in [-0.25, -0.2) is 28.0 Å². The molecule has 0 saturated heterocycles. The Balaban J connectivity index is 1.84. The normalized spacial score (nSPS) is 14.3. The highest BCUT2D eigenvalue weighted by Gasteiger charge is 2.34. The van der Waals surface area contributed by atoms with Crippen molar-refractivity contribution in [3.05, 3.63) is 54.4 Å². The van der Waals surface area contributed by atoms with Gasteiger partial charge in [0, 0.05) is 18.5 Å². The first-order valence-electron chi connectivity index (χ1n) is 7.30. The Kier molecular flexibility index (Phi) is 4.34. The van der Waals surface area contributed by atoms with E-state index in [1.54, 1.807) is 6.07 Å². The summed E-state index contributed by atoms with van der Waals surface area (Å²) in [5.41, 5.74) is -0.0583. The standard InChI is InChI=1S/C16H12N4O5S/c1-10(21)13-9-14(22)20(15(13)23)11-3-5-12(6-4-11)26(24,25)19-16-17-7-2-8-18-16/h2-9H,1H3,(H,17,18,19). The number of aromatic nitrogens is 2. The van der Waals surface area contributed by atoms with Crippen molar-refractivity contribution in [2.24, 2.45) is 0 Å². The van der Waals surface area contributed by atoms with Crippen LogP contribution in [0.1, 0.15) is 6.92 Å². The van der Waals surface area contributed by atoms with Crippen molar-refractivity contribution in [3.8, 4) is 0 Å². The number of rotatable bonds is 5. The molecule has 0 atom stereocenters. The lowest BCUT2D eigenvalue weighted by Crippen LogP contribution is -2.31. The number of hydrogen-bond donors (Lipinski definition) is 1. The van der Waals surface area contributed by atoms with Gasteiger partial charge in [-0.15, -0.1) is 0 Å². The van der Waals surface area contributed by atoms with Crippen LogP contribution in [0.4, 0.5) is 11.6 Å². The van der Waals surface area contributed by atoms with Crippen LogP contribution in [0.25, 0.3) is 0 Å². The summed E-state index contributed by atoms with van der Waals surface area (Å²) in [6, 6.07) is 6.60. The maximum absolute atomic E-state index is 12.3. The zero-order chi connectivity index (χ0) is 18.9. The third-order valence-electron chi connectivity index (χ3n) is 3.50. The molecule has 1 aromatic carbocycles. The van der Waals surface area contributed by atoms with Crippen molar-refractivity contribution in [2.45, 2.75) is 11.8 Å². The Labute approximate surface area is 148 Å². The van der Waals surface area contributed by atoms with Crippen LogP contribution in [0.5, 0.6) is 0 Å². The van der Waals surface area contributed by atoms with Gasteiger partial charge in [-0.2, -0.15) is 0 Å². The number of amides is 2. The summed E-state index contributed by atoms with van der Waals surface area (Å²) in [5.74, 6) is -2.01. The van der Waals surface area contributed by atoms with Gasteiger partial charge in [0.1, 0.15) is 0 Å². The molecule has 0 bridgehead atoms. The van der Waals surface area contributed by atoms with E-state index in [2.05, 4.69) is 14.7 Å². The number of sulfonamides is 1. The molecule has 1 aliphatic heterocycles. The highest BCUT2D eigenvalue weighted by Crippen LogP contribution is 2.24. The smallest absolute Gasteiger partial charge is 0.269 e. The predicted molar refractivity (Wildman–Crippen MR) is 90.5 cm³/mol. The van der Waals surface area contributed by atoms with E-state index in [4.69, 9.17) is 0 Å². The molecule has 1 aliphatic rings. The fourth-order valence-electron chi connectivity index (χ4n) is 2.27. The fourth-order valence-corrected chi connectivity index (χ4v) is 3.23. The summed E-state index contributed by atoms with van der Waals surface area (Å²) in [6.45, 7) is 1.19. The summed E-state index contributed by atoms with van der Waals surface area (Å²) in [6.07, 6.45) is 3.74. The molecule has 0 fully saturated rings. The molecule has 0 spiro atoms. The highest BCUT2D eigenvalue weighted by molar-refractivity contribution is 7.92. The van der Waals surface area contributed by atoms with Gasteiger partial charge in [0.2, 0.25) is 5.95 Å². The van der Waals surface area contributed by atoms with Crippen molar-refractivity contribution in [2.75, 3.05) is 9.62 Å². The van der Waals surface area contributed by atoms with Gasteiger partial charge in [0.05, 0.1) is 16.2 Å². The van der Waals surface area contributed by atoms with Gasteiger partial charge in [0.25, 0.3) is 21.8 Å². The summed E-state index contributed by atoms with van der Waals surface area (Å²) < 4.78 is 26.8. The van der Waals surface area contributed by atoms with Crippen LogP contribution >= 0.6 is 0 Å². The number of anilines is 2. The average Bonchev–Trinajstić information content (AvgIpc) is 2.90. The van der Waals surface area contributed by atoms with Gasteiger partial charge < -0.3 is 0 Å². The second-order valence-electron chi connectivity index (χ2n) is 5.26. The van der Waals surface area contributed by atoms with Crippen LogP contribution in [-0.2, 0) is 24.4 Å². The van der Waals surface area contributed by atoms with Crippen molar-refractivity contribution < 1.29 is 22.8 Å². The molecule has 26 heavy (non-hydrogen) atoms. The predicted octanol–water partition coefficient (Wildman–Crippen LogP) is 0.666. The molecule has 1 N–H and O–H groups in total. The number of carbonyl (C=O) groups is 3. The molecule has 1 aromatic heterocycles. The number of hydrogen-bond acceptors (Lipinski definition) is 7. The molecular formula is C16H12N4O5S. The number of imide groups is 1.